The van der Waals surface area contributed by atoms with Crippen LogP contribution in [-0.4, -0.2) is 82.0 Å². The van der Waals surface area contributed by atoms with Crippen LogP contribution < -0.4 is 24.0 Å². The highest BCUT2D eigenvalue weighted by Crippen LogP contribution is 2.45. The van der Waals surface area contributed by atoms with E-state index in [-0.39, 0.29) is 53.9 Å². The Morgan fingerprint density at radius 2 is 1.54 bits per heavy atom. The number of pyridine rings is 2. The molecule has 0 unspecified atom stereocenters. The van der Waals surface area contributed by atoms with Gasteiger partial charge in [0.25, 0.3) is 0 Å². The molecule has 0 saturated carbocycles. The molecule has 2 aromatic carbocycles. The Morgan fingerprint density at radius 1 is 0.932 bits per heavy atom. The van der Waals surface area contributed by atoms with Gasteiger partial charge in [0.05, 0.1) is 37.9 Å². The number of alkyl halides is 3. The van der Waals surface area contributed by atoms with Crippen molar-refractivity contribution in [3.05, 3.63) is 89.0 Å². The van der Waals surface area contributed by atoms with E-state index >= 15 is 17.6 Å². The van der Waals surface area contributed by atoms with Crippen LogP contribution in [0.15, 0.2) is 60.9 Å². The molecule has 1 saturated heterocycles. The van der Waals surface area contributed by atoms with E-state index in [1.807, 2.05) is 47.9 Å². The van der Waals surface area contributed by atoms with E-state index in [2.05, 4.69) is 19.9 Å². The lowest BCUT2D eigenvalue weighted by molar-refractivity contribution is -0.137. The molecule has 2 aliphatic heterocycles. The Morgan fingerprint density at radius 3 is 2.08 bits per heavy atom. The van der Waals surface area contributed by atoms with Gasteiger partial charge in [0.2, 0.25) is 5.88 Å². The van der Waals surface area contributed by atoms with Crippen molar-refractivity contribution in [1.82, 2.24) is 24.8 Å². The van der Waals surface area contributed by atoms with Gasteiger partial charge in [0, 0.05) is 19.6 Å². The van der Waals surface area contributed by atoms with Crippen LogP contribution in [-0.2, 0) is 24.0 Å². The lowest BCUT2D eigenvalue weighted by Gasteiger charge is -2.50. The van der Waals surface area contributed by atoms with Gasteiger partial charge in [-0.3, -0.25) is 4.90 Å². The van der Waals surface area contributed by atoms with E-state index < -0.39 is 52.7 Å². The number of methoxy groups -OCH3 is 2. The molecule has 5 heterocycles. The standard InChI is InChI=1S/C43H47F4N7O5/c1-9-28-21-53-31(25(3)54(28)41(55)59-42(4,5)6)22-58-40-33-36(48-23-49-39(33)53)35(44)38(51-40)37-34(43(45,46)47)24(2)18-32(50-37)52(19-26-10-14-29(56-7)15-11-26)20-27-12-16-30(57-8)17-13-27/h10-18,23,25,28,31H,9,19-22H2,1-8H3/t25-,28+,31+/m0/s1. The Labute approximate surface area is 340 Å². The largest absolute Gasteiger partial charge is 0.497 e. The second-order valence-electron chi connectivity index (χ2n) is 15.8. The number of hydrogen-bond acceptors (Lipinski definition) is 11. The van der Waals surface area contributed by atoms with Crippen LogP contribution in [0.5, 0.6) is 17.4 Å². The number of nitrogens with zero attached hydrogens (tertiary/aromatic N) is 7. The first-order valence-corrected chi connectivity index (χ1v) is 19.4. The van der Waals surface area contributed by atoms with Crippen LogP contribution in [0.2, 0.25) is 0 Å². The predicted molar refractivity (Wildman–Crippen MR) is 214 cm³/mol. The number of ether oxygens (including phenoxy) is 4. The summed E-state index contributed by atoms with van der Waals surface area (Å²) in [6.45, 7) is 11.3. The smallest absolute Gasteiger partial charge is 0.418 e. The molecule has 0 radical (unpaired) electrons. The molecule has 0 N–H and O–H groups in total. The fourth-order valence-electron chi connectivity index (χ4n) is 7.83. The van der Waals surface area contributed by atoms with Gasteiger partial charge in [-0.1, -0.05) is 31.2 Å². The second kappa shape index (κ2) is 16.0. The molecule has 3 aromatic heterocycles. The number of benzene rings is 2. The van der Waals surface area contributed by atoms with Crippen molar-refractivity contribution in [3.63, 3.8) is 0 Å². The van der Waals surface area contributed by atoms with Crippen molar-refractivity contribution in [2.24, 2.45) is 0 Å². The second-order valence-corrected chi connectivity index (χ2v) is 15.8. The normalized spacial score (nSPS) is 17.9. The predicted octanol–water partition coefficient (Wildman–Crippen LogP) is 8.76. The quantitative estimate of drug-likeness (QED) is 0.133. The lowest BCUT2D eigenvalue weighted by Crippen LogP contribution is -2.66. The molecular weight excluding hydrogens is 771 g/mol. The van der Waals surface area contributed by atoms with Crippen LogP contribution in [0.25, 0.3) is 22.3 Å². The maximum absolute atomic E-state index is 17.1. The van der Waals surface area contributed by atoms with E-state index in [0.29, 0.717) is 30.3 Å². The number of piperazine rings is 1. The summed E-state index contributed by atoms with van der Waals surface area (Å²) in [5, 5.41) is 0.117. The van der Waals surface area contributed by atoms with Crippen LogP contribution in [0, 0.1) is 12.7 Å². The molecule has 1 amide bonds. The highest BCUT2D eigenvalue weighted by atomic mass is 19.4. The summed E-state index contributed by atoms with van der Waals surface area (Å²) in [6.07, 6.45) is -3.66. The van der Waals surface area contributed by atoms with E-state index in [4.69, 9.17) is 18.9 Å². The van der Waals surface area contributed by atoms with Crippen LogP contribution in [0.3, 0.4) is 0 Å². The maximum Gasteiger partial charge on any atom is 0.418 e. The Balaban J connectivity index is 1.35. The molecule has 16 heteroatoms. The number of aromatic nitrogens is 4. The fraction of sp³-hybridized carbons (Fsp3) is 0.419. The Hall–Kier alpha value is -5.93. The molecule has 59 heavy (non-hydrogen) atoms. The number of rotatable bonds is 9. The van der Waals surface area contributed by atoms with Crippen molar-refractivity contribution in [1.29, 1.82) is 0 Å². The van der Waals surface area contributed by atoms with Crippen molar-refractivity contribution in [3.8, 4) is 28.8 Å². The third-order valence-corrected chi connectivity index (χ3v) is 10.7. The average molecular weight is 818 g/mol. The SMILES string of the molecule is CC[C@@H]1CN2c3ncnc4c(F)c(-c5nc(N(Cc6ccc(OC)cc6)Cc6ccc(OC)cc6)cc(C)c5C(F)(F)F)nc(c34)OC[C@@H]2[C@H](C)N1C(=O)OC(C)(C)C. The van der Waals surface area contributed by atoms with Gasteiger partial charge in [-0.2, -0.15) is 13.2 Å². The zero-order valence-electron chi connectivity index (χ0n) is 34.2. The van der Waals surface area contributed by atoms with Crippen molar-refractivity contribution in [2.75, 3.05) is 37.2 Å². The van der Waals surface area contributed by atoms with Gasteiger partial charge in [-0.25, -0.2) is 29.1 Å². The highest BCUT2D eigenvalue weighted by Gasteiger charge is 2.46. The number of halogens is 4. The molecule has 0 spiro atoms. The van der Waals surface area contributed by atoms with Crippen LogP contribution in [0.1, 0.15) is 63.3 Å². The van der Waals surface area contributed by atoms with Crippen molar-refractivity contribution >= 4 is 28.6 Å². The minimum absolute atomic E-state index is 0.0451. The first-order valence-electron chi connectivity index (χ1n) is 19.4. The molecule has 0 aliphatic carbocycles. The summed E-state index contributed by atoms with van der Waals surface area (Å²) < 4.78 is 85.2. The summed E-state index contributed by atoms with van der Waals surface area (Å²) in [5.41, 5.74) is -2.04. The van der Waals surface area contributed by atoms with Crippen molar-refractivity contribution < 1.29 is 41.3 Å². The monoisotopic (exact) mass is 817 g/mol. The maximum atomic E-state index is 17.1. The molecule has 312 valence electrons. The third kappa shape index (κ3) is 8.21. The van der Waals surface area contributed by atoms with Gasteiger partial charge in [0.1, 0.15) is 64.0 Å². The summed E-state index contributed by atoms with van der Waals surface area (Å²) in [5.74, 6) is 0.504. The molecule has 2 aliphatic rings. The molecule has 5 aromatic rings. The third-order valence-electron chi connectivity index (χ3n) is 10.7. The van der Waals surface area contributed by atoms with E-state index in [0.717, 1.165) is 11.1 Å². The molecule has 12 nitrogen and oxygen atoms in total. The molecule has 0 bridgehead atoms. The lowest BCUT2D eigenvalue weighted by atomic mass is 9.97. The molecular formula is C43H47F4N7O5. The molecule has 1 fully saturated rings. The Kier molecular flexibility index (Phi) is 11.2. The first-order chi connectivity index (χ1) is 28.0. The zero-order valence-corrected chi connectivity index (χ0v) is 34.2. The minimum Gasteiger partial charge on any atom is -0.497 e. The van der Waals surface area contributed by atoms with Gasteiger partial charge in [-0.15, -0.1) is 0 Å². The average Bonchev–Trinajstić information content (AvgIpc) is 3.35. The number of hydrogen-bond donors (Lipinski definition) is 0. The number of carbonyl (C=O) groups excluding carboxylic acids is 1. The molecule has 3 atom stereocenters. The summed E-state index contributed by atoms with van der Waals surface area (Å²) in [6, 6.07) is 14.7. The summed E-state index contributed by atoms with van der Waals surface area (Å²) in [4.78, 5) is 36.8. The first kappa shape index (κ1) is 41.2. The number of fused-ring (bicyclic) bond motifs is 2. The van der Waals surface area contributed by atoms with E-state index in [1.54, 1.807) is 64.2 Å². The summed E-state index contributed by atoms with van der Waals surface area (Å²) in [7, 11) is 3.12. The Bertz CT molecular complexity index is 2290. The van der Waals surface area contributed by atoms with Gasteiger partial charge < -0.3 is 28.7 Å². The van der Waals surface area contributed by atoms with Crippen LogP contribution >= 0.6 is 0 Å². The van der Waals surface area contributed by atoms with Gasteiger partial charge >= 0.3 is 12.3 Å². The fourth-order valence-corrected chi connectivity index (χ4v) is 7.83. The topological polar surface area (TPSA) is 115 Å². The number of carbonyl (C=O) groups is 1. The number of anilines is 2. The summed E-state index contributed by atoms with van der Waals surface area (Å²) >= 11 is 0. The number of amides is 1. The van der Waals surface area contributed by atoms with Gasteiger partial charge in [0.15, 0.2) is 5.82 Å². The highest BCUT2D eigenvalue weighted by molar-refractivity contribution is 5.97. The van der Waals surface area contributed by atoms with Crippen molar-refractivity contribution in [2.45, 2.75) is 91.0 Å². The van der Waals surface area contributed by atoms with Crippen LogP contribution in [0.4, 0.5) is 34.0 Å². The van der Waals surface area contributed by atoms with Gasteiger partial charge in [-0.05, 0) is 88.1 Å². The van der Waals surface area contributed by atoms with E-state index in [9.17, 15) is 4.79 Å². The zero-order chi connectivity index (χ0) is 42.4. The molecule has 7 rings (SSSR count). The van der Waals surface area contributed by atoms with E-state index in [1.165, 1.54) is 19.3 Å². The minimum atomic E-state index is -4.94. The number of aryl methyl sites for hydroxylation is 1.